The summed E-state index contributed by atoms with van der Waals surface area (Å²) < 4.78 is 0. The molecule has 1 aromatic carbocycles. The summed E-state index contributed by atoms with van der Waals surface area (Å²) in [5.41, 5.74) is 5.37. The van der Waals surface area contributed by atoms with Crippen molar-refractivity contribution in [1.82, 2.24) is 20.4 Å². The Morgan fingerprint density at radius 3 is 2.38 bits per heavy atom. The van der Waals surface area contributed by atoms with E-state index in [1.54, 1.807) is 0 Å². The molecule has 0 spiro atoms. The number of likely N-dealkylation sites (N-methyl/N-ethyl adjacent to an activating group) is 1. The van der Waals surface area contributed by atoms with Gasteiger partial charge in [0.05, 0.1) is 6.54 Å². The van der Waals surface area contributed by atoms with Crippen LogP contribution in [0, 0.1) is 6.92 Å². The summed E-state index contributed by atoms with van der Waals surface area (Å²) in [5, 5.41) is 6.79. The molecule has 0 saturated heterocycles. The standard InChI is InChI=1S/C30H46N6O/c1-20-11-10-12-23-18-27(35(7)8)34-29(31-19-26(20)23)33-25-15-13-24(14-16-25)32-28(37)21(2)17-22(3)36(9)30(4,5)6/h10-12,17,24-25H,2,13-16,18-19H2,1,3-9H3,(H,31,33)(H,32,37)/b22-17-,34-27+. The summed E-state index contributed by atoms with van der Waals surface area (Å²) in [6.45, 7) is 15.3. The van der Waals surface area contributed by atoms with Gasteiger partial charge in [-0.05, 0) is 83.1 Å². The summed E-state index contributed by atoms with van der Waals surface area (Å²) in [5.74, 6) is 1.62. The van der Waals surface area contributed by atoms with Crippen molar-refractivity contribution in [2.24, 2.45) is 9.98 Å². The molecule has 1 saturated carbocycles. The lowest BCUT2D eigenvalue weighted by molar-refractivity contribution is -0.118. The Kier molecular flexibility index (Phi) is 9.21. The number of nitrogens with zero attached hydrogens (tertiary/aromatic N) is 4. The topological polar surface area (TPSA) is 72.3 Å². The molecule has 1 aromatic rings. The van der Waals surface area contributed by atoms with E-state index in [4.69, 9.17) is 9.98 Å². The first kappa shape index (κ1) is 28.5. The maximum Gasteiger partial charge on any atom is 0.250 e. The Morgan fingerprint density at radius 1 is 1.11 bits per heavy atom. The number of amidine groups is 1. The minimum atomic E-state index is -0.0864. The highest BCUT2D eigenvalue weighted by Gasteiger charge is 2.25. The fourth-order valence-electron chi connectivity index (χ4n) is 4.80. The normalized spacial score (nSPS) is 21.9. The molecule has 2 N–H and O–H groups in total. The number of benzene rings is 1. The molecule has 0 unspecified atom stereocenters. The van der Waals surface area contributed by atoms with Gasteiger partial charge in [-0.1, -0.05) is 24.8 Å². The number of amides is 1. The van der Waals surface area contributed by atoms with Gasteiger partial charge in [0.2, 0.25) is 5.96 Å². The SMILES string of the molecule is C=C(/C=C(/C)N(C)C(C)(C)C)C(=O)NC1CCC(NC2=NCc3c(C)cccc3C/C(N(C)C)=N\2)CC1. The molecule has 202 valence electrons. The molecule has 0 radical (unpaired) electrons. The van der Waals surface area contributed by atoms with E-state index in [0.29, 0.717) is 24.1 Å². The number of rotatable bonds is 5. The van der Waals surface area contributed by atoms with Crippen LogP contribution in [0.2, 0.25) is 0 Å². The van der Waals surface area contributed by atoms with Crippen molar-refractivity contribution < 1.29 is 4.79 Å². The van der Waals surface area contributed by atoms with Gasteiger partial charge in [-0.3, -0.25) is 4.79 Å². The Labute approximate surface area is 223 Å². The number of carbonyl (C=O) groups excluding carboxylic acids is 1. The minimum absolute atomic E-state index is 0.0108. The number of nitrogens with one attached hydrogen (secondary N) is 2. The van der Waals surface area contributed by atoms with E-state index in [1.807, 2.05) is 34.1 Å². The molecule has 7 nitrogen and oxygen atoms in total. The number of carbonyl (C=O) groups is 1. The van der Waals surface area contributed by atoms with Gasteiger partial charge in [-0.25, -0.2) is 9.98 Å². The molecule has 1 aliphatic carbocycles. The zero-order valence-electron chi connectivity index (χ0n) is 24.1. The molecule has 7 heteroatoms. The maximum atomic E-state index is 12.8. The van der Waals surface area contributed by atoms with Gasteiger partial charge in [0.15, 0.2) is 0 Å². The number of aliphatic imine (C=N–C) groups is 2. The molecular formula is C30H46N6O. The van der Waals surface area contributed by atoms with Gasteiger partial charge in [0.1, 0.15) is 5.84 Å². The molecule has 0 atom stereocenters. The van der Waals surface area contributed by atoms with Crippen LogP contribution in [0.1, 0.15) is 70.1 Å². The van der Waals surface area contributed by atoms with Gasteiger partial charge in [-0.15, -0.1) is 0 Å². The third-order valence-electron chi connectivity index (χ3n) is 7.60. The van der Waals surface area contributed by atoms with Crippen LogP contribution in [0.5, 0.6) is 0 Å². The fraction of sp³-hybridized carbons (Fsp3) is 0.567. The third-order valence-corrected chi connectivity index (χ3v) is 7.60. The zero-order chi connectivity index (χ0) is 27.3. The first-order valence-electron chi connectivity index (χ1n) is 13.4. The van der Waals surface area contributed by atoms with E-state index < -0.39 is 0 Å². The second-order valence-corrected chi connectivity index (χ2v) is 11.7. The van der Waals surface area contributed by atoms with E-state index in [2.05, 4.69) is 72.9 Å². The highest BCUT2D eigenvalue weighted by molar-refractivity contribution is 5.97. The molecule has 1 amide bonds. The average molecular weight is 507 g/mol. The lowest BCUT2D eigenvalue weighted by Gasteiger charge is -2.35. The van der Waals surface area contributed by atoms with Crippen molar-refractivity contribution in [3.8, 4) is 0 Å². The second-order valence-electron chi connectivity index (χ2n) is 11.7. The maximum absolute atomic E-state index is 12.8. The number of hydrogen-bond donors (Lipinski definition) is 2. The summed E-state index contributed by atoms with van der Waals surface area (Å²) in [6.07, 6.45) is 6.43. The van der Waals surface area contributed by atoms with Crippen molar-refractivity contribution in [3.05, 3.63) is 58.8 Å². The van der Waals surface area contributed by atoms with Crippen molar-refractivity contribution in [3.63, 3.8) is 0 Å². The summed E-state index contributed by atoms with van der Waals surface area (Å²) in [7, 11) is 6.11. The number of guanidine groups is 1. The lowest BCUT2D eigenvalue weighted by Crippen LogP contribution is -2.44. The van der Waals surface area contributed by atoms with Crippen molar-refractivity contribution in [2.75, 3.05) is 21.1 Å². The van der Waals surface area contributed by atoms with Crippen molar-refractivity contribution in [1.29, 1.82) is 0 Å². The number of hydrogen-bond acceptors (Lipinski definition) is 6. The molecule has 0 bridgehead atoms. The third kappa shape index (κ3) is 7.70. The van der Waals surface area contributed by atoms with Crippen LogP contribution >= 0.6 is 0 Å². The van der Waals surface area contributed by atoms with Gasteiger partial charge in [-0.2, -0.15) is 0 Å². The minimum Gasteiger partial charge on any atom is -0.373 e. The van der Waals surface area contributed by atoms with E-state index in [0.717, 1.165) is 43.6 Å². The zero-order valence-corrected chi connectivity index (χ0v) is 24.1. The molecule has 1 fully saturated rings. The molecule has 0 aromatic heterocycles. The van der Waals surface area contributed by atoms with E-state index in [-0.39, 0.29) is 17.5 Å². The van der Waals surface area contributed by atoms with Crippen LogP contribution in [0.4, 0.5) is 0 Å². The lowest BCUT2D eigenvalue weighted by atomic mass is 9.91. The highest BCUT2D eigenvalue weighted by atomic mass is 16.1. The van der Waals surface area contributed by atoms with Crippen LogP contribution in [0.3, 0.4) is 0 Å². The summed E-state index contributed by atoms with van der Waals surface area (Å²) >= 11 is 0. The Morgan fingerprint density at radius 2 is 1.76 bits per heavy atom. The highest BCUT2D eigenvalue weighted by Crippen LogP contribution is 2.22. The van der Waals surface area contributed by atoms with Gasteiger partial charge in [0.25, 0.3) is 5.91 Å². The fourth-order valence-corrected chi connectivity index (χ4v) is 4.80. The first-order chi connectivity index (χ1) is 17.3. The van der Waals surface area contributed by atoms with E-state index >= 15 is 0 Å². The second kappa shape index (κ2) is 12.0. The number of allylic oxidation sites excluding steroid dienone is 1. The van der Waals surface area contributed by atoms with E-state index in [1.165, 1.54) is 16.7 Å². The van der Waals surface area contributed by atoms with Gasteiger partial charge >= 0.3 is 0 Å². The molecule has 2 aliphatic rings. The molecule has 1 heterocycles. The van der Waals surface area contributed by atoms with Gasteiger partial charge < -0.3 is 20.4 Å². The van der Waals surface area contributed by atoms with Gasteiger partial charge in [0, 0.05) is 56.5 Å². The van der Waals surface area contributed by atoms with Crippen LogP contribution in [0.25, 0.3) is 0 Å². The number of fused-ring (bicyclic) bond motifs is 1. The van der Waals surface area contributed by atoms with Crippen LogP contribution < -0.4 is 10.6 Å². The van der Waals surface area contributed by atoms with E-state index in [9.17, 15) is 4.79 Å². The largest absolute Gasteiger partial charge is 0.373 e. The molecule has 3 rings (SSSR count). The van der Waals surface area contributed by atoms with Crippen LogP contribution in [-0.2, 0) is 17.8 Å². The van der Waals surface area contributed by atoms with Crippen LogP contribution in [-0.4, -0.2) is 66.3 Å². The quantitative estimate of drug-likeness (QED) is 0.453. The van der Waals surface area contributed by atoms with Crippen molar-refractivity contribution in [2.45, 2.75) is 90.9 Å². The predicted molar refractivity (Wildman–Crippen MR) is 155 cm³/mol. The summed E-state index contributed by atoms with van der Waals surface area (Å²) in [4.78, 5) is 26.8. The first-order valence-corrected chi connectivity index (χ1v) is 13.4. The number of aryl methyl sites for hydroxylation is 1. The Balaban J connectivity index is 1.58. The Hall–Kier alpha value is -3.09. The molecule has 37 heavy (non-hydrogen) atoms. The Bertz CT molecular complexity index is 1080. The van der Waals surface area contributed by atoms with Crippen molar-refractivity contribution >= 4 is 17.7 Å². The smallest absolute Gasteiger partial charge is 0.250 e. The van der Waals surface area contributed by atoms with Crippen LogP contribution in [0.15, 0.2) is 52.1 Å². The summed E-state index contributed by atoms with van der Waals surface area (Å²) in [6, 6.07) is 6.89. The predicted octanol–water partition coefficient (Wildman–Crippen LogP) is 4.57. The molecular weight excluding hydrogens is 460 g/mol. The average Bonchev–Trinajstić information content (AvgIpc) is 2.81. The molecule has 1 aliphatic heterocycles. The monoisotopic (exact) mass is 506 g/mol.